The Labute approximate surface area is 537 Å². The maximum absolute atomic E-state index is 13.0. The summed E-state index contributed by atoms with van der Waals surface area (Å²) < 4.78 is 68.2. The number of hydrogen-bond donors (Lipinski definition) is 3. The third kappa shape index (κ3) is 62.8. The normalized spacial score (nSPS) is 14.2. The van der Waals surface area contributed by atoms with E-state index in [1.807, 2.05) is 0 Å². The minimum absolute atomic E-state index is 0.106. The molecule has 19 heteroatoms. The Kier molecular flexibility index (Phi) is 59.9. The number of aliphatic hydroxyl groups is 1. The quantitative estimate of drug-likeness (QED) is 0.0222. The lowest BCUT2D eigenvalue weighted by molar-refractivity contribution is -0.161. The number of phosphoric acid groups is 2. The number of esters is 4. The van der Waals surface area contributed by atoms with Crippen LogP contribution in [0, 0.1) is 11.8 Å². The molecule has 0 bridgehead atoms. The van der Waals surface area contributed by atoms with E-state index in [1.54, 1.807) is 0 Å². The minimum Gasteiger partial charge on any atom is -0.462 e. The molecule has 0 aliphatic heterocycles. The number of ether oxygens (including phenoxy) is 4. The van der Waals surface area contributed by atoms with Crippen molar-refractivity contribution in [2.24, 2.45) is 11.8 Å². The average Bonchev–Trinajstić information content (AvgIpc) is 3.60. The number of unbranched alkanes of at least 4 members (excludes halogenated alkanes) is 38. The first-order chi connectivity index (χ1) is 42.4. The molecule has 3 N–H and O–H groups in total. The molecule has 88 heavy (non-hydrogen) atoms. The largest absolute Gasteiger partial charge is 0.472 e. The molecule has 0 rings (SSSR count). The summed E-state index contributed by atoms with van der Waals surface area (Å²) in [5.41, 5.74) is 0. The Morgan fingerprint density at radius 2 is 0.523 bits per heavy atom. The summed E-state index contributed by atoms with van der Waals surface area (Å²) in [7, 11) is -9.90. The van der Waals surface area contributed by atoms with E-state index in [2.05, 4.69) is 41.5 Å². The van der Waals surface area contributed by atoms with Crippen LogP contribution in [-0.4, -0.2) is 96.7 Å². The standard InChI is InChI=1S/C69H134O17P2/c1-7-9-11-13-15-17-19-20-21-22-23-24-26-28-34-42-48-54-69(74)85-64(57-79-66(71)51-45-39-32-30-29-31-37-43-49-61(3)4)59-83-87(75,76)81-55-63(70)56-82-88(77,78)84-60-65(58-80-67(72)52-46-40-36-35-38-44-50-62(5)6)86-68(73)53-47-41-33-27-25-18-16-14-12-10-8-2/h61-65,70H,7-60H2,1-6H3,(H,75,76)(H,77,78)/t63-,64-,65-/m1/s1. The molecular formula is C69H134O17P2. The molecule has 5 atom stereocenters. The van der Waals surface area contributed by atoms with Gasteiger partial charge in [-0.1, -0.05) is 298 Å². The lowest BCUT2D eigenvalue weighted by Crippen LogP contribution is -2.30. The van der Waals surface area contributed by atoms with Crippen LogP contribution in [0.25, 0.3) is 0 Å². The topological polar surface area (TPSA) is 237 Å². The zero-order valence-electron chi connectivity index (χ0n) is 57.0. The lowest BCUT2D eigenvalue weighted by Gasteiger charge is -2.21. The zero-order chi connectivity index (χ0) is 65.0. The number of carbonyl (C=O) groups excluding carboxylic acids is 4. The van der Waals surface area contributed by atoms with Gasteiger partial charge in [0.2, 0.25) is 0 Å². The van der Waals surface area contributed by atoms with E-state index in [9.17, 15) is 43.2 Å². The minimum atomic E-state index is -4.95. The van der Waals surface area contributed by atoms with Gasteiger partial charge in [0, 0.05) is 25.7 Å². The Bertz CT molecular complexity index is 1720. The molecule has 0 aliphatic carbocycles. The Morgan fingerprint density at radius 3 is 0.773 bits per heavy atom. The summed E-state index contributed by atoms with van der Waals surface area (Å²) >= 11 is 0. The van der Waals surface area contributed by atoms with E-state index in [-0.39, 0.29) is 25.7 Å². The van der Waals surface area contributed by atoms with Gasteiger partial charge in [0.1, 0.15) is 19.3 Å². The van der Waals surface area contributed by atoms with Crippen LogP contribution in [-0.2, 0) is 65.4 Å². The van der Waals surface area contributed by atoms with Gasteiger partial charge in [-0.3, -0.25) is 37.3 Å². The summed E-state index contributed by atoms with van der Waals surface area (Å²) in [6, 6.07) is 0. The molecule has 0 amide bonds. The summed E-state index contributed by atoms with van der Waals surface area (Å²) in [6.45, 7) is 9.42. The van der Waals surface area contributed by atoms with Crippen LogP contribution in [0.15, 0.2) is 0 Å². The number of rotatable bonds is 68. The fourth-order valence-electron chi connectivity index (χ4n) is 10.4. The van der Waals surface area contributed by atoms with Gasteiger partial charge in [0.15, 0.2) is 12.2 Å². The molecular weight excluding hydrogens is 1160 g/mol. The van der Waals surface area contributed by atoms with Crippen molar-refractivity contribution in [1.82, 2.24) is 0 Å². The average molecular weight is 1300 g/mol. The third-order valence-corrected chi connectivity index (χ3v) is 17.9. The molecule has 0 aromatic carbocycles. The van der Waals surface area contributed by atoms with Crippen molar-refractivity contribution in [3.05, 3.63) is 0 Å². The maximum atomic E-state index is 13.0. The highest BCUT2D eigenvalue weighted by Crippen LogP contribution is 2.45. The Balaban J connectivity index is 5.22. The molecule has 0 fully saturated rings. The zero-order valence-corrected chi connectivity index (χ0v) is 58.8. The number of carbonyl (C=O) groups is 4. The van der Waals surface area contributed by atoms with Crippen molar-refractivity contribution in [1.29, 1.82) is 0 Å². The molecule has 2 unspecified atom stereocenters. The number of hydrogen-bond acceptors (Lipinski definition) is 15. The predicted octanol–water partition coefficient (Wildman–Crippen LogP) is 19.6. The van der Waals surface area contributed by atoms with Gasteiger partial charge in [-0.25, -0.2) is 9.13 Å². The van der Waals surface area contributed by atoms with Crippen LogP contribution in [0.5, 0.6) is 0 Å². The van der Waals surface area contributed by atoms with Crippen LogP contribution < -0.4 is 0 Å². The van der Waals surface area contributed by atoms with Crippen molar-refractivity contribution in [2.75, 3.05) is 39.6 Å². The van der Waals surface area contributed by atoms with E-state index in [0.29, 0.717) is 31.6 Å². The monoisotopic (exact) mass is 1300 g/mol. The lowest BCUT2D eigenvalue weighted by atomic mass is 10.0. The molecule has 0 spiro atoms. The van der Waals surface area contributed by atoms with Gasteiger partial charge in [-0.2, -0.15) is 0 Å². The Morgan fingerprint density at radius 1 is 0.307 bits per heavy atom. The van der Waals surface area contributed by atoms with Gasteiger partial charge in [-0.05, 0) is 37.5 Å². The highest BCUT2D eigenvalue weighted by Gasteiger charge is 2.30. The van der Waals surface area contributed by atoms with Crippen molar-refractivity contribution in [3.8, 4) is 0 Å². The predicted molar refractivity (Wildman–Crippen MR) is 354 cm³/mol. The SMILES string of the molecule is CCCCCCCCCCCCCCCCCCCC(=O)O[C@H](COC(=O)CCCCCCCCCCC(C)C)COP(=O)(O)OC[C@@H](O)COP(=O)(O)OC[C@@H](COC(=O)CCCCCCCCC(C)C)OC(=O)CCCCCCCCCCCCC. The van der Waals surface area contributed by atoms with Crippen molar-refractivity contribution in [3.63, 3.8) is 0 Å². The van der Waals surface area contributed by atoms with Gasteiger partial charge in [0.05, 0.1) is 26.4 Å². The van der Waals surface area contributed by atoms with Gasteiger partial charge >= 0.3 is 39.5 Å². The van der Waals surface area contributed by atoms with Gasteiger partial charge < -0.3 is 33.8 Å². The molecule has 0 radical (unpaired) electrons. The van der Waals surface area contributed by atoms with E-state index in [4.69, 9.17) is 37.0 Å². The fourth-order valence-corrected chi connectivity index (χ4v) is 12.0. The third-order valence-electron chi connectivity index (χ3n) is 16.0. The molecule has 0 saturated heterocycles. The van der Waals surface area contributed by atoms with Crippen molar-refractivity contribution >= 4 is 39.5 Å². The summed E-state index contributed by atoms with van der Waals surface area (Å²) in [5.74, 6) is -0.721. The van der Waals surface area contributed by atoms with Gasteiger partial charge in [0.25, 0.3) is 0 Å². The van der Waals surface area contributed by atoms with Crippen LogP contribution in [0.2, 0.25) is 0 Å². The molecule has 0 aromatic heterocycles. The van der Waals surface area contributed by atoms with E-state index in [0.717, 1.165) is 102 Å². The van der Waals surface area contributed by atoms with Crippen LogP contribution >= 0.6 is 15.6 Å². The molecule has 0 saturated carbocycles. The molecule has 0 aliphatic rings. The number of aliphatic hydroxyl groups excluding tert-OH is 1. The second-order valence-corrected chi connectivity index (χ2v) is 28.8. The number of phosphoric ester groups is 2. The van der Waals surface area contributed by atoms with Crippen LogP contribution in [0.4, 0.5) is 0 Å². The molecule has 522 valence electrons. The second kappa shape index (κ2) is 61.3. The maximum Gasteiger partial charge on any atom is 0.472 e. The molecule has 0 heterocycles. The first-order valence-corrected chi connectivity index (χ1v) is 39.0. The van der Waals surface area contributed by atoms with E-state index >= 15 is 0 Å². The van der Waals surface area contributed by atoms with Crippen LogP contribution in [0.1, 0.15) is 350 Å². The Hall–Kier alpha value is -1.94. The summed E-state index contributed by atoms with van der Waals surface area (Å²) in [6.07, 6.45) is 46.0. The second-order valence-electron chi connectivity index (χ2n) is 25.9. The molecule has 17 nitrogen and oxygen atoms in total. The van der Waals surface area contributed by atoms with Crippen molar-refractivity contribution < 1.29 is 80.2 Å². The first kappa shape index (κ1) is 86.1. The van der Waals surface area contributed by atoms with Gasteiger partial charge in [-0.15, -0.1) is 0 Å². The van der Waals surface area contributed by atoms with E-state index < -0.39 is 97.5 Å². The smallest absolute Gasteiger partial charge is 0.462 e. The fraction of sp³-hybridized carbons (Fsp3) is 0.942. The summed E-state index contributed by atoms with van der Waals surface area (Å²) in [4.78, 5) is 72.4. The highest BCUT2D eigenvalue weighted by atomic mass is 31.2. The van der Waals surface area contributed by atoms with Crippen molar-refractivity contribution in [2.45, 2.75) is 368 Å². The summed E-state index contributed by atoms with van der Waals surface area (Å²) in [5, 5.41) is 10.6. The molecule has 0 aromatic rings. The highest BCUT2D eigenvalue weighted by molar-refractivity contribution is 7.47. The first-order valence-electron chi connectivity index (χ1n) is 36.0. The van der Waals surface area contributed by atoms with Crippen LogP contribution in [0.3, 0.4) is 0 Å². The van der Waals surface area contributed by atoms with E-state index in [1.165, 1.54) is 161 Å².